The summed E-state index contributed by atoms with van der Waals surface area (Å²) in [6.45, 7) is 0.246. The fraction of sp³-hybridized carbons (Fsp3) is 0.0455. The third-order valence-corrected chi connectivity index (χ3v) is 5.09. The van der Waals surface area contributed by atoms with Gasteiger partial charge in [-0.1, -0.05) is 48.5 Å². The maximum atomic E-state index is 12.9. The molecule has 0 fully saturated rings. The van der Waals surface area contributed by atoms with Gasteiger partial charge in [0.1, 0.15) is 17.9 Å². The zero-order chi connectivity index (χ0) is 18.6. The average molecular weight is 469 g/mol. The molecule has 3 aromatic carbocycles. The van der Waals surface area contributed by atoms with Crippen LogP contribution in [0.5, 0.6) is 5.75 Å². The first-order valence-corrected chi connectivity index (χ1v) is 9.54. The van der Waals surface area contributed by atoms with Gasteiger partial charge in [-0.05, 0) is 52.9 Å². The van der Waals surface area contributed by atoms with Crippen molar-refractivity contribution in [3.63, 3.8) is 0 Å². The number of para-hydroxylation sites is 3. The van der Waals surface area contributed by atoms with Crippen LogP contribution in [0.4, 0.5) is 5.69 Å². The summed E-state index contributed by atoms with van der Waals surface area (Å²) >= 11 is 2.19. The Kier molecular flexibility index (Phi) is 5.11. The molecule has 0 aliphatic carbocycles. The van der Waals surface area contributed by atoms with E-state index in [1.165, 1.54) is 0 Å². The molecule has 1 N–H and O–H groups in total. The molecule has 0 saturated carbocycles. The third-order valence-electron chi connectivity index (χ3n) is 4.15. The molecule has 0 bridgehead atoms. The number of nitrogens with one attached hydrogen (secondary N) is 1. The molecule has 0 aliphatic heterocycles. The molecular weight excluding hydrogens is 453 g/mol. The molecule has 0 atom stereocenters. The molecule has 0 aliphatic rings. The monoisotopic (exact) mass is 469 g/mol. The first kappa shape index (κ1) is 17.6. The lowest BCUT2D eigenvalue weighted by Gasteiger charge is -2.08. The lowest BCUT2D eigenvalue weighted by atomic mass is 10.1. The van der Waals surface area contributed by atoms with Crippen molar-refractivity contribution in [2.24, 2.45) is 0 Å². The quantitative estimate of drug-likeness (QED) is 0.372. The van der Waals surface area contributed by atoms with Crippen LogP contribution in [-0.2, 0) is 6.61 Å². The van der Waals surface area contributed by atoms with Crippen molar-refractivity contribution in [3.8, 4) is 5.75 Å². The number of carbonyl (C=O) groups is 1. The van der Waals surface area contributed by atoms with E-state index in [-0.39, 0.29) is 18.3 Å². The van der Waals surface area contributed by atoms with Gasteiger partial charge in [0.25, 0.3) is 5.91 Å². The molecule has 5 heteroatoms. The van der Waals surface area contributed by atoms with Gasteiger partial charge >= 0.3 is 0 Å². The second-order valence-electron chi connectivity index (χ2n) is 5.94. The van der Waals surface area contributed by atoms with Crippen LogP contribution in [0.25, 0.3) is 11.0 Å². The highest BCUT2D eigenvalue weighted by Gasteiger charge is 2.21. The average Bonchev–Trinajstić information content (AvgIpc) is 3.08. The number of fused-ring (bicyclic) bond motifs is 1. The number of ether oxygens (including phenoxy) is 1. The Labute approximate surface area is 170 Å². The normalized spacial score (nSPS) is 10.7. The van der Waals surface area contributed by atoms with Crippen molar-refractivity contribution in [2.45, 2.75) is 6.61 Å². The maximum absolute atomic E-state index is 12.9. The van der Waals surface area contributed by atoms with Crippen LogP contribution < -0.4 is 10.1 Å². The number of halogens is 1. The highest BCUT2D eigenvalue weighted by atomic mass is 127. The standard InChI is InChI=1S/C22H16INO3/c23-18-11-5-6-12-19(18)24-22(25)21-17(14-26-15-8-2-1-3-9-15)16-10-4-7-13-20(16)27-21/h1-13H,14H2,(H,24,25). The Morgan fingerprint density at radius 1 is 0.926 bits per heavy atom. The van der Waals surface area contributed by atoms with Gasteiger partial charge in [-0.15, -0.1) is 0 Å². The fourth-order valence-corrected chi connectivity index (χ4v) is 3.36. The van der Waals surface area contributed by atoms with Gasteiger partial charge in [0, 0.05) is 14.5 Å². The topological polar surface area (TPSA) is 51.5 Å². The van der Waals surface area contributed by atoms with Gasteiger partial charge < -0.3 is 14.5 Å². The van der Waals surface area contributed by atoms with Crippen LogP contribution in [0.1, 0.15) is 16.1 Å². The largest absolute Gasteiger partial charge is 0.489 e. The summed E-state index contributed by atoms with van der Waals surface area (Å²) in [5.74, 6) is 0.723. The summed E-state index contributed by atoms with van der Waals surface area (Å²) in [7, 11) is 0. The van der Waals surface area contributed by atoms with Gasteiger partial charge in [0.15, 0.2) is 5.76 Å². The van der Waals surface area contributed by atoms with Crippen molar-refractivity contribution in [1.82, 2.24) is 0 Å². The predicted octanol–water partition coefficient (Wildman–Crippen LogP) is 5.87. The van der Waals surface area contributed by atoms with Crippen molar-refractivity contribution in [2.75, 3.05) is 5.32 Å². The predicted molar refractivity (Wildman–Crippen MR) is 114 cm³/mol. The van der Waals surface area contributed by atoms with E-state index in [4.69, 9.17) is 9.15 Å². The molecule has 1 aromatic heterocycles. The van der Waals surface area contributed by atoms with Crippen LogP contribution in [0.3, 0.4) is 0 Å². The molecular formula is C22H16INO3. The molecule has 4 aromatic rings. The summed E-state index contributed by atoms with van der Waals surface area (Å²) < 4.78 is 12.7. The van der Waals surface area contributed by atoms with Crippen molar-refractivity contribution in [3.05, 3.63) is 93.8 Å². The second kappa shape index (κ2) is 7.84. The van der Waals surface area contributed by atoms with Crippen LogP contribution in [0.2, 0.25) is 0 Å². The van der Waals surface area contributed by atoms with E-state index in [0.717, 1.165) is 26.0 Å². The molecule has 27 heavy (non-hydrogen) atoms. The lowest BCUT2D eigenvalue weighted by Crippen LogP contribution is -2.14. The molecule has 0 spiro atoms. The Morgan fingerprint density at radius 3 is 2.44 bits per heavy atom. The summed E-state index contributed by atoms with van der Waals surface area (Å²) in [5, 5.41) is 3.81. The summed E-state index contributed by atoms with van der Waals surface area (Å²) in [6.07, 6.45) is 0. The first-order chi connectivity index (χ1) is 13.2. The van der Waals surface area contributed by atoms with Crippen molar-refractivity contribution >= 4 is 45.2 Å². The van der Waals surface area contributed by atoms with Crippen LogP contribution >= 0.6 is 22.6 Å². The fourth-order valence-electron chi connectivity index (χ4n) is 2.84. The van der Waals surface area contributed by atoms with Crippen LogP contribution in [0, 0.1) is 3.57 Å². The molecule has 4 rings (SSSR count). The smallest absolute Gasteiger partial charge is 0.291 e. The van der Waals surface area contributed by atoms with Crippen molar-refractivity contribution in [1.29, 1.82) is 0 Å². The number of hydrogen-bond donors (Lipinski definition) is 1. The number of hydrogen-bond acceptors (Lipinski definition) is 3. The number of carbonyl (C=O) groups excluding carboxylic acids is 1. The number of amides is 1. The van der Waals surface area contributed by atoms with Crippen LogP contribution in [0.15, 0.2) is 83.3 Å². The molecule has 0 saturated heterocycles. The maximum Gasteiger partial charge on any atom is 0.291 e. The number of rotatable bonds is 5. The van der Waals surface area contributed by atoms with Crippen LogP contribution in [-0.4, -0.2) is 5.91 Å². The number of benzene rings is 3. The van der Waals surface area contributed by atoms with E-state index in [2.05, 4.69) is 27.9 Å². The minimum Gasteiger partial charge on any atom is -0.489 e. The summed E-state index contributed by atoms with van der Waals surface area (Å²) in [6, 6.07) is 24.7. The van der Waals surface area contributed by atoms with E-state index >= 15 is 0 Å². The van der Waals surface area contributed by atoms with E-state index in [1.54, 1.807) is 0 Å². The highest BCUT2D eigenvalue weighted by Crippen LogP contribution is 2.28. The lowest BCUT2D eigenvalue weighted by molar-refractivity contribution is 0.0995. The minimum absolute atomic E-state index is 0.246. The third kappa shape index (κ3) is 3.83. The van der Waals surface area contributed by atoms with E-state index in [9.17, 15) is 4.79 Å². The zero-order valence-corrected chi connectivity index (χ0v) is 16.5. The molecule has 0 radical (unpaired) electrons. The Hall–Kier alpha value is -2.80. The summed E-state index contributed by atoms with van der Waals surface area (Å²) in [5.41, 5.74) is 2.15. The Bertz CT molecular complexity index is 1090. The van der Waals surface area contributed by atoms with E-state index < -0.39 is 0 Å². The van der Waals surface area contributed by atoms with Gasteiger partial charge in [-0.25, -0.2) is 0 Å². The SMILES string of the molecule is O=C(Nc1ccccc1I)c1oc2ccccc2c1COc1ccccc1. The molecule has 134 valence electrons. The summed E-state index contributed by atoms with van der Waals surface area (Å²) in [4.78, 5) is 12.9. The highest BCUT2D eigenvalue weighted by molar-refractivity contribution is 14.1. The minimum atomic E-state index is -0.290. The molecule has 0 unspecified atom stereocenters. The Morgan fingerprint density at radius 2 is 1.63 bits per heavy atom. The van der Waals surface area contributed by atoms with E-state index in [1.807, 2.05) is 78.9 Å². The van der Waals surface area contributed by atoms with Gasteiger partial charge in [0.2, 0.25) is 0 Å². The van der Waals surface area contributed by atoms with Crippen molar-refractivity contribution < 1.29 is 13.9 Å². The van der Waals surface area contributed by atoms with Gasteiger partial charge in [0.05, 0.1) is 5.69 Å². The van der Waals surface area contributed by atoms with Gasteiger partial charge in [-0.2, -0.15) is 0 Å². The number of anilines is 1. The van der Waals surface area contributed by atoms with E-state index in [0.29, 0.717) is 5.58 Å². The molecule has 1 amide bonds. The first-order valence-electron chi connectivity index (χ1n) is 8.46. The zero-order valence-electron chi connectivity index (χ0n) is 14.3. The van der Waals surface area contributed by atoms with Gasteiger partial charge in [-0.3, -0.25) is 4.79 Å². The second-order valence-corrected chi connectivity index (χ2v) is 7.10. The Balaban J connectivity index is 1.67. The molecule has 1 heterocycles. The molecule has 4 nitrogen and oxygen atoms in total. The number of furan rings is 1.